The predicted molar refractivity (Wildman–Crippen MR) is 77.4 cm³/mol. The van der Waals surface area contributed by atoms with Crippen LogP contribution in [0.25, 0.3) is 0 Å². The van der Waals surface area contributed by atoms with Crippen LogP contribution in [0.4, 0.5) is 5.69 Å². The number of aromatic nitrogens is 3. The summed E-state index contributed by atoms with van der Waals surface area (Å²) in [4.78, 5) is 4.63. The van der Waals surface area contributed by atoms with E-state index in [9.17, 15) is 0 Å². The lowest BCUT2D eigenvalue weighted by Crippen LogP contribution is -2.04. The van der Waals surface area contributed by atoms with Crippen LogP contribution in [0.3, 0.4) is 0 Å². The molecule has 0 aliphatic heterocycles. The monoisotopic (exact) mass is 272 g/mol. The molecule has 2 aromatic rings. The molecule has 0 atom stereocenters. The lowest BCUT2D eigenvalue weighted by atomic mass is 10.1. The Balaban J connectivity index is 1.66. The van der Waals surface area contributed by atoms with Gasteiger partial charge in [-0.1, -0.05) is 12.8 Å². The SMILES string of the molecule is Cn1nc(C2CCCC2)nc1COc1ccc(N)cc1. The minimum atomic E-state index is 0.431. The van der Waals surface area contributed by atoms with Crippen molar-refractivity contribution in [3.05, 3.63) is 35.9 Å². The van der Waals surface area contributed by atoms with Gasteiger partial charge in [0.05, 0.1) is 0 Å². The Morgan fingerprint density at radius 1 is 1.25 bits per heavy atom. The number of nitrogens with two attached hydrogens (primary N) is 1. The minimum absolute atomic E-state index is 0.431. The maximum absolute atomic E-state index is 5.72. The molecular weight excluding hydrogens is 252 g/mol. The number of nitrogens with zero attached hydrogens (tertiary/aromatic N) is 3. The number of hydrogen-bond acceptors (Lipinski definition) is 4. The first kappa shape index (κ1) is 13.0. The largest absolute Gasteiger partial charge is 0.486 e. The van der Waals surface area contributed by atoms with Crippen molar-refractivity contribution < 1.29 is 4.74 Å². The van der Waals surface area contributed by atoms with Crippen molar-refractivity contribution >= 4 is 5.69 Å². The summed E-state index contributed by atoms with van der Waals surface area (Å²) in [6.45, 7) is 0.431. The topological polar surface area (TPSA) is 66.0 Å². The van der Waals surface area contributed by atoms with E-state index in [4.69, 9.17) is 10.5 Å². The molecule has 3 rings (SSSR count). The number of hydrogen-bond donors (Lipinski definition) is 1. The zero-order valence-corrected chi connectivity index (χ0v) is 11.7. The van der Waals surface area contributed by atoms with E-state index < -0.39 is 0 Å². The highest BCUT2D eigenvalue weighted by Gasteiger charge is 2.22. The number of nitrogen functional groups attached to an aromatic ring is 1. The molecule has 0 saturated heterocycles. The fourth-order valence-corrected chi connectivity index (χ4v) is 2.63. The van der Waals surface area contributed by atoms with E-state index in [1.165, 1.54) is 25.7 Å². The molecule has 1 fully saturated rings. The molecular formula is C15H20N4O. The third-order valence-corrected chi connectivity index (χ3v) is 3.84. The molecule has 1 aliphatic carbocycles. The van der Waals surface area contributed by atoms with Gasteiger partial charge < -0.3 is 10.5 Å². The van der Waals surface area contributed by atoms with Crippen molar-refractivity contribution in [2.75, 3.05) is 5.73 Å². The number of aryl methyl sites for hydroxylation is 1. The van der Waals surface area contributed by atoms with E-state index in [0.29, 0.717) is 12.5 Å². The van der Waals surface area contributed by atoms with Crippen molar-refractivity contribution in [2.24, 2.45) is 7.05 Å². The molecule has 1 aromatic carbocycles. The Bertz CT molecular complexity index is 570. The molecule has 0 spiro atoms. The molecule has 1 heterocycles. The van der Waals surface area contributed by atoms with Gasteiger partial charge in [-0.3, -0.25) is 0 Å². The first-order valence-electron chi connectivity index (χ1n) is 7.10. The Morgan fingerprint density at radius 2 is 1.95 bits per heavy atom. The van der Waals surface area contributed by atoms with Crippen molar-refractivity contribution in [1.29, 1.82) is 0 Å². The average Bonchev–Trinajstić information content (AvgIpc) is 3.08. The highest BCUT2D eigenvalue weighted by Crippen LogP contribution is 2.32. The Labute approximate surface area is 118 Å². The molecule has 0 bridgehead atoms. The summed E-state index contributed by atoms with van der Waals surface area (Å²) in [5.41, 5.74) is 6.38. The van der Waals surface area contributed by atoms with E-state index in [-0.39, 0.29) is 0 Å². The Morgan fingerprint density at radius 3 is 2.65 bits per heavy atom. The van der Waals surface area contributed by atoms with Gasteiger partial charge in [0, 0.05) is 18.7 Å². The molecule has 106 valence electrons. The van der Waals surface area contributed by atoms with Gasteiger partial charge in [-0.05, 0) is 37.1 Å². The maximum atomic E-state index is 5.72. The molecule has 1 aromatic heterocycles. The summed E-state index contributed by atoms with van der Waals surface area (Å²) in [6.07, 6.45) is 5.00. The second-order valence-corrected chi connectivity index (χ2v) is 5.35. The van der Waals surface area contributed by atoms with Crippen molar-refractivity contribution in [3.63, 3.8) is 0 Å². The average molecular weight is 272 g/mol. The molecule has 0 radical (unpaired) electrons. The highest BCUT2D eigenvalue weighted by molar-refractivity contribution is 5.41. The Hall–Kier alpha value is -2.04. The van der Waals surface area contributed by atoms with E-state index in [2.05, 4.69) is 10.1 Å². The van der Waals surface area contributed by atoms with E-state index in [0.717, 1.165) is 23.1 Å². The third-order valence-electron chi connectivity index (χ3n) is 3.84. The molecule has 20 heavy (non-hydrogen) atoms. The van der Waals surface area contributed by atoms with Gasteiger partial charge in [-0.2, -0.15) is 5.10 Å². The number of anilines is 1. The predicted octanol–water partition coefficient (Wildman–Crippen LogP) is 2.63. The summed E-state index contributed by atoms with van der Waals surface area (Å²) >= 11 is 0. The zero-order chi connectivity index (χ0) is 13.9. The van der Waals surface area contributed by atoms with Crippen molar-refractivity contribution in [3.8, 4) is 5.75 Å². The standard InChI is InChI=1S/C15H20N4O/c1-19-14(10-20-13-8-6-12(16)7-9-13)17-15(18-19)11-4-2-3-5-11/h6-9,11H,2-5,10,16H2,1H3. The van der Waals surface area contributed by atoms with E-state index >= 15 is 0 Å². The number of benzene rings is 1. The van der Waals surface area contributed by atoms with Gasteiger partial charge in [0.2, 0.25) is 0 Å². The quantitative estimate of drug-likeness (QED) is 0.869. The van der Waals surface area contributed by atoms with E-state index in [1.54, 1.807) is 0 Å². The van der Waals surface area contributed by atoms with Gasteiger partial charge in [0.1, 0.15) is 12.4 Å². The Kier molecular flexibility index (Phi) is 3.58. The fraction of sp³-hybridized carbons (Fsp3) is 0.467. The summed E-state index contributed by atoms with van der Waals surface area (Å²) in [7, 11) is 1.92. The van der Waals surface area contributed by atoms with Crippen LogP contribution >= 0.6 is 0 Å². The van der Waals surface area contributed by atoms with Crippen molar-refractivity contribution in [2.45, 2.75) is 38.2 Å². The highest BCUT2D eigenvalue weighted by atomic mass is 16.5. The van der Waals surface area contributed by atoms with Crippen LogP contribution in [0.15, 0.2) is 24.3 Å². The van der Waals surface area contributed by atoms with Gasteiger partial charge in [-0.25, -0.2) is 9.67 Å². The molecule has 0 unspecified atom stereocenters. The van der Waals surface area contributed by atoms with Gasteiger partial charge in [0.25, 0.3) is 0 Å². The smallest absolute Gasteiger partial charge is 0.164 e. The summed E-state index contributed by atoms with van der Waals surface area (Å²) in [5, 5.41) is 4.52. The normalized spacial score (nSPS) is 15.7. The number of ether oxygens (including phenoxy) is 1. The van der Waals surface area contributed by atoms with Crippen LogP contribution in [0.5, 0.6) is 5.75 Å². The summed E-state index contributed by atoms with van der Waals surface area (Å²) in [6, 6.07) is 7.39. The van der Waals surface area contributed by atoms with Crippen LogP contribution in [0.2, 0.25) is 0 Å². The van der Waals surface area contributed by atoms with Crippen LogP contribution < -0.4 is 10.5 Å². The zero-order valence-electron chi connectivity index (χ0n) is 11.7. The summed E-state index contributed by atoms with van der Waals surface area (Å²) < 4.78 is 7.55. The van der Waals surface area contributed by atoms with Crippen LogP contribution in [0.1, 0.15) is 43.3 Å². The van der Waals surface area contributed by atoms with Crippen LogP contribution in [-0.4, -0.2) is 14.8 Å². The van der Waals surface area contributed by atoms with Crippen LogP contribution in [0, 0.1) is 0 Å². The number of rotatable bonds is 4. The molecule has 2 N–H and O–H groups in total. The second kappa shape index (κ2) is 5.53. The third kappa shape index (κ3) is 2.76. The molecule has 5 heteroatoms. The van der Waals surface area contributed by atoms with Crippen molar-refractivity contribution in [1.82, 2.24) is 14.8 Å². The van der Waals surface area contributed by atoms with Gasteiger partial charge in [-0.15, -0.1) is 0 Å². The van der Waals surface area contributed by atoms with Gasteiger partial charge in [0.15, 0.2) is 11.6 Å². The summed E-state index contributed by atoms with van der Waals surface area (Å²) in [5.74, 6) is 3.17. The molecule has 1 saturated carbocycles. The van der Waals surface area contributed by atoms with Crippen LogP contribution in [-0.2, 0) is 13.7 Å². The lowest BCUT2D eigenvalue weighted by Gasteiger charge is -2.05. The first-order chi connectivity index (χ1) is 9.72. The molecule has 5 nitrogen and oxygen atoms in total. The second-order valence-electron chi connectivity index (χ2n) is 5.35. The first-order valence-corrected chi connectivity index (χ1v) is 7.10. The maximum Gasteiger partial charge on any atom is 0.164 e. The lowest BCUT2D eigenvalue weighted by molar-refractivity contribution is 0.290. The molecule has 0 amide bonds. The van der Waals surface area contributed by atoms with Gasteiger partial charge >= 0.3 is 0 Å². The fourth-order valence-electron chi connectivity index (χ4n) is 2.63. The van der Waals surface area contributed by atoms with E-state index in [1.807, 2.05) is 36.0 Å². The minimum Gasteiger partial charge on any atom is -0.486 e. The molecule has 1 aliphatic rings.